The van der Waals surface area contributed by atoms with E-state index < -0.39 is 12.2 Å². The Balaban J connectivity index is 1.13. The fourth-order valence-electron chi connectivity index (χ4n) is 11.5. The Morgan fingerprint density at radius 3 is 1.36 bits per heavy atom. The molecule has 0 spiro atoms. The average Bonchev–Trinajstić information content (AvgIpc) is 3.90. The second-order valence-corrected chi connectivity index (χ2v) is 20.0. The number of hydrogen-bond donors (Lipinski definition) is 2. The molecule has 350 valence electrons. The molecule has 0 aromatic carbocycles. The standard InChI is InChI=1S/C52H70N12O2/c1-35(2)61(41-17-7-13-37-15-11-23-53-47(37)41)33-39-49(63-43(55-39)19-9-21-45(63)59-29-25-57(5)26-30-59)51(65)52(66)50-40(34-62(36(3)4)42-18-8-14-38-16-12-24-54-48(38)42)56-44-20-10-22-46(64(44)50)60-31-27-58(6)28-32-60/h9-12,15-16,19-24,35-36,41-42,51-52,65-66H,7-8,13-14,17-18,25-34H2,1-6H3/t41-,42-,51?,52?/m0/s1. The normalized spacial score (nSPS) is 20.8. The van der Waals surface area contributed by atoms with Crippen molar-refractivity contribution in [2.24, 2.45) is 0 Å². The highest BCUT2D eigenvalue weighted by Gasteiger charge is 2.38. The highest BCUT2D eigenvalue weighted by atomic mass is 16.3. The van der Waals surface area contributed by atoms with E-state index in [1.165, 1.54) is 11.1 Å². The van der Waals surface area contributed by atoms with Crippen LogP contribution in [0, 0.1) is 0 Å². The van der Waals surface area contributed by atoms with Gasteiger partial charge in [-0.1, -0.05) is 24.3 Å². The van der Waals surface area contributed by atoms with E-state index in [1.54, 1.807) is 0 Å². The van der Waals surface area contributed by atoms with Crippen LogP contribution in [-0.2, 0) is 25.9 Å². The van der Waals surface area contributed by atoms with Crippen molar-refractivity contribution in [3.8, 4) is 0 Å². The van der Waals surface area contributed by atoms with Crippen molar-refractivity contribution in [2.75, 3.05) is 76.3 Å². The quantitative estimate of drug-likeness (QED) is 0.130. The Kier molecular flexibility index (Phi) is 12.9. The van der Waals surface area contributed by atoms with E-state index in [1.807, 2.05) is 36.7 Å². The number of nitrogens with zero attached hydrogens (tertiary/aromatic N) is 12. The minimum Gasteiger partial charge on any atom is -0.384 e. The third-order valence-corrected chi connectivity index (χ3v) is 15.1. The fourth-order valence-corrected chi connectivity index (χ4v) is 11.5. The molecule has 2 unspecified atom stereocenters. The maximum absolute atomic E-state index is 13.4. The number of fused-ring (bicyclic) bond motifs is 4. The second kappa shape index (κ2) is 19.0. The first-order valence-corrected chi connectivity index (χ1v) is 24.7. The van der Waals surface area contributed by atoms with Crippen LogP contribution in [0.1, 0.15) is 123 Å². The molecule has 8 heterocycles. The van der Waals surface area contributed by atoms with Crippen LogP contribution in [0.3, 0.4) is 0 Å². The number of aliphatic hydroxyl groups excluding tert-OH is 2. The van der Waals surface area contributed by atoms with Crippen LogP contribution >= 0.6 is 0 Å². The summed E-state index contributed by atoms with van der Waals surface area (Å²) in [6.45, 7) is 17.1. The van der Waals surface area contributed by atoms with E-state index in [9.17, 15) is 10.2 Å². The van der Waals surface area contributed by atoms with E-state index >= 15 is 0 Å². The molecule has 2 N–H and O–H groups in total. The van der Waals surface area contributed by atoms with E-state index in [4.69, 9.17) is 19.9 Å². The molecule has 2 saturated heterocycles. The molecule has 4 atom stereocenters. The molecular weight excluding hydrogens is 825 g/mol. The first-order chi connectivity index (χ1) is 32.0. The van der Waals surface area contributed by atoms with E-state index in [0.717, 1.165) is 137 Å². The van der Waals surface area contributed by atoms with Gasteiger partial charge in [-0.25, -0.2) is 9.97 Å². The summed E-state index contributed by atoms with van der Waals surface area (Å²) in [5.74, 6) is 1.96. The van der Waals surface area contributed by atoms with Gasteiger partial charge in [0, 0.05) is 89.9 Å². The highest BCUT2D eigenvalue weighted by molar-refractivity contribution is 5.58. The molecule has 6 aromatic rings. The van der Waals surface area contributed by atoms with Crippen molar-refractivity contribution in [1.29, 1.82) is 0 Å². The highest BCUT2D eigenvalue weighted by Crippen LogP contribution is 2.42. The van der Waals surface area contributed by atoms with Gasteiger partial charge in [0.15, 0.2) is 0 Å². The largest absolute Gasteiger partial charge is 0.384 e. The van der Waals surface area contributed by atoms with Gasteiger partial charge in [0.2, 0.25) is 0 Å². The van der Waals surface area contributed by atoms with Gasteiger partial charge in [0.1, 0.15) is 35.1 Å². The molecule has 14 heteroatoms. The monoisotopic (exact) mass is 895 g/mol. The molecule has 4 aliphatic rings. The summed E-state index contributed by atoms with van der Waals surface area (Å²) >= 11 is 0. The molecule has 10 rings (SSSR count). The Morgan fingerprint density at radius 1 is 0.561 bits per heavy atom. The van der Waals surface area contributed by atoms with Crippen LogP contribution in [0.5, 0.6) is 0 Å². The van der Waals surface area contributed by atoms with Crippen LogP contribution in [0.2, 0.25) is 0 Å². The summed E-state index contributed by atoms with van der Waals surface area (Å²) in [6, 6.07) is 21.6. The minimum absolute atomic E-state index is 0.102. The number of hydrogen-bond acceptors (Lipinski definition) is 12. The van der Waals surface area contributed by atoms with Crippen molar-refractivity contribution in [1.82, 2.24) is 48.3 Å². The van der Waals surface area contributed by atoms with E-state index in [0.29, 0.717) is 24.5 Å². The molecule has 6 aromatic heterocycles. The molecule has 0 bridgehead atoms. The van der Waals surface area contributed by atoms with Gasteiger partial charge in [-0.05, 0) is 128 Å². The number of likely N-dealkylation sites (N-methyl/N-ethyl adjacent to an activating group) is 2. The van der Waals surface area contributed by atoms with Crippen molar-refractivity contribution in [3.63, 3.8) is 0 Å². The molecule has 0 saturated carbocycles. The Hall–Kier alpha value is -4.96. The lowest BCUT2D eigenvalue weighted by Crippen LogP contribution is -2.45. The van der Waals surface area contributed by atoms with Gasteiger partial charge in [0.05, 0.1) is 46.2 Å². The molecule has 2 aliphatic carbocycles. The number of aliphatic hydroxyl groups is 2. The lowest BCUT2D eigenvalue weighted by atomic mass is 9.90. The molecule has 0 radical (unpaired) electrons. The zero-order chi connectivity index (χ0) is 45.6. The maximum Gasteiger partial charge on any atom is 0.138 e. The summed E-state index contributed by atoms with van der Waals surface area (Å²) < 4.78 is 4.30. The first-order valence-electron chi connectivity index (χ1n) is 24.7. The van der Waals surface area contributed by atoms with E-state index in [-0.39, 0.29) is 24.2 Å². The van der Waals surface area contributed by atoms with Gasteiger partial charge in [-0.15, -0.1) is 0 Å². The van der Waals surface area contributed by atoms with Gasteiger partial charge in [-0.3, -0.25) is 28.6 Å². The SMILES string of the molecule is CC(C)N(Cc1nc2cccc(N3CCN(C)CC3)n2c1C(O)C(O)c1c(CN(C(C)C)[C@H]2CCCc3cccnc32)nc2cccc(N3CCN(C)CC3)n12)[C@H]1CCCc2cccnc21. The number of rotatable bonds is 13. The van der Waals surface area contributed by atoms with Crippen molar-refractivity contribution in [2.45, 2.75) is 116 Å². The zero-order valence-corrected chi connectivity index (χ0v) is 40.0. The molecule has 14 nitrogen and oxygen atoms in total. The molecule has 2 aliphatic heterocycles. The van der Waals surface area contributed by atoms with Crippen molar-refractivity contribution < 1.29 is 10.2 Å². The summed E-state index contributed by atoms with van der Waals surface area (Å²) in [7, 11) is 4.34. The summed E-state index contributed by atoms with van der Waals surface area (Å²) in [4.78, 5) is 35.3. The van der Waals surface area contributed by atoms with Crippen LogP contribution in [0.15, 0.2) is 73.1 Å². The predicted molar refractivity (Wildman–Crippen MR) is 261 cm³/mol. The number of pyridine rings is 4. The topological polar surface area (TPSA) is 120 Å². The van der Waals surface area contributed by atoms with Crippen LogP contribution in [0.25, 0.3) is 11.3 Å². The molecule has 2 fully saturated rings. The Morgan fingerprint density at radius 2 is 0.970 bits per heavy atom. The van der Waals surface area contributed by atoms with Gasteiger partial charge in [-0.2, -0.15) is 0 Å². The maximum atomic E-state index is 13.4. The smallest absolute Gasteiger partial charge is 0.138 e. The number of imidazole rings is 2. The lowest BCUT2D eigenvalue weighted by Gasteiger charge is -2.38. The van der Waals surface area contributed by atoms with Crippen molar-refractivity contribution in [3.05, 3.63) is 118 Å². The first kappa shape index (κ1) is 44.9. The number of aromatic nitrogens is 6. The summed E-state index contributed by atoms with van der Waals surface area (Å²) in [5, 5.41) is 26.8. The number of aryl methyl sites for hydroxylation is 2. The van der Waals surface area contributed by atoms with Crippen molar-refractivity contribution >= 4 is 22.9 Å². The minimum atomic E-state index is -1.35. The molecule has 66 heavy (non-hydrogen) atoms. The fraction of sp³-hybridized carbons (Fsp3) is 0.538. The number of anilines is 2. The summed E-state index contributed by atoms with van der Waals surface area (Å²) in [6.07, 6.45) is 7.36. The zero-order valence-electron chi connectivity index (χ0n) is 40.0. The Bertz CT molecular complexity index is 2450. The van der Waals surface area contributed by atoms with Gasteiger partial charge < -0.3 is 29.8 Å². The predicted octanol–water partition coefficient (Wildman–Crippen LogP) is 6.62. The van der Waals surface area contributed by atoms with Crippen LogP contribution < -0.4 is 9.80 Å². The lowest BCUT2D eigenvalue weighted by molar-refractivity contribution is 0.00814. The van der Waals surface area contributed by atoms with Crippen LogP contribution in [0.4, 0.5) is 11.6 Å². The molecular formula is C52H70N12O2. The second-order valence-electron chi connectivity index (χ2n) is 20.0. The molecule has 0 amide bonds. The third kappa shape index (κ3) is 8.49. The van der Waals surface area contributed by atoms with Gasteiger partial charge in [0.25, 0.3) is 0 Å². The average molecular weight is 895 g/mol. The number of piperazine rings is 2. The van der Waals surface area contributed by atoms with Crippen LogP contribution in [-0.4, -0.2) is 137 Å². The van der Waals surface area contributed by atoms with Gasteiger partial charge >= 0.3 is 0 Å². The van der Waals surface area contributed by atoms with E-state index in [2.05, 4.69) is 116 Å². The third-order valence-electron chi connectivity index (χ3n) is 15.1. The summed E-state index contributed by atoms with van der Waals surface area (Å²) in [5.41, 5.74) is 9.20. The Labute approximate surface area is 390 Å².